The quantitative estimate of drug-likeness (QED) is 0.689. The summed E-state index contributed by atoms with van der Waals surface area (Å²) >= 11 is 0. The van der Waals surface area contributed by atoms with E-state index in [2.05, 4.69) is 52.4 Å². The molecule has 3 rings (SSSR count). The highest BCUT2D eigenvalue weighted by atomic mass is 15.4. The Hall–Kier alpha value is -0.0800. The lowest BCUT2D eigenvalue weighted by atomic mass is 9.63. The first-order valence-corrected chi connectivity index (χ1v) is 7.69. The molecule has 18 heavy (non-hydrogen) atoms. The van der Waals surface area contributed by atoms with E-state index in [1.54, 1.807) is 0 Å². The fourth-order valence-corrected chi connectivity index (χ4v) is 5.22. The maximum atomic E-state index is 3.70. The van der Waals surface area contributed by atoms with Gasteiger partial charge in [-0.1, -0.05) is 41.5 Å². The lowest BCUT2D eigenvalue weighted by Crippen LogP contribution is -2.62. The van der Waals surface area contributed by atoms with Gasteiger partial charge in [0.2, 0.25) is 0 Å². The second-order valence-electron chi connectivity index (χ2n) is 8.86. The van der Waals surface area contributed by atoms with Gasteiger partial charge in [-0.2, -0.15) is 0 Å². The maximum absolute atomic E-state index is 3.70. The van der Waals surface area contributed by atoms with E-state index in [0.29, 0.717) is 28.3 Å². The van der Waals surface area contributed by atoms with Crippen molar-refractivity contribution in [2.24, 2.45) is 28.1 Å². The molecule has 5 atom stereocenters. The third-order valence-electron chi connectivity index (χ3n) is 7.02. The van der Waals surface area contributed by atoms with Gasteiger partial charge in [-0.05, 0) is 47.3 Å². The summed E-state index contributed by atoms with van der Waals surface area (Å²) in [6.45, 7) is 14.6. The van der Waals surface area contributed by atoms with E-state index < -0.39 is 0 Å². The fraction of sp³-hybridized carbons (Fsp3) is 1.00. The molecule has 0 radical (unpaired) electrons. The Balaban J connectivity index is 1.89. The number of fused-ring (bicyclic) bond motifs is 5. The first-order chi connectivity index (χ1) is 8.18. The number of hydrogen-bond donors (Lipinski definition) is 2. The zero-order valence-corrected chi connectivity index (χ0v) is 12.9. The summed E-state index contributed by atoms with van der Waals surface area (Å²) in [5, 5.41) is 0. The van der Waals surface area contributed by atoms with Crippen LogP contribution < -0.4 is 10.9 Å². The summed E-state index contributed by atoms with van der Waals surface area (Å²) < 4.78 is 0. The Morgan fingerprint density at radius 3 is 2.28 bits per heavy atom. The summed E-state index contributed by atoms with van der Waals surface area (Å²) in [4.78, 5) is 0. The SMILES string of the molecule is CC(C)(C)C1CC2C(NN1)[C@H]1CC[C@@]2(C)C1(C)C. The zero-order valence-electron chi connectivity index (χ0n) is 12.9. The van der Waals surface area contributed by atoms with Gasteiger partial charge in [-0.15, -0.1) is 0 Å². The zero-order chi connectivity index (χ0) is 13.3. The lowest BCUT2D eigenvalue weighted by Gasteiger charge is -2.48. The van der Waals surface area contributed by atoms with E-state index in [9.17, 15) is 0 Å². The minimum atomic E-state index is 0.348. The van der Waals surface area contributed by atoms with Gasteiger partial charge in [-0.3, -0.25) is 10.9 Å². The summed E-state index contributed by atoms with van der Waals surface area (Å²) in [7, 11) is 0. The summed E-state index contributed by atoms with van der Waals surface area (Å²) in [6.07, 6.45) is 4.20. The van der Waals surface area contributed by atoms with Crippen molar-refractivity contribution in [2.45, 2.75) is 72.9 Å². The molecule has 2 bridgehead atoms. The highest BCUT2D eigenvalue weighted by molar-refractivity contribution is 5.18. The summed E-state index contributed by atoms with van der Waals surface area (Å²) in [5.41, 5.74) is 8.71. The molecule has 3 unspecified atom stereocenters. The molecule has 2 aliphatic carbocycles. The van der Waals surface area contributed by atoms with Gasteiger partial charge in [0.05, 0.1) is 0 Å². The Morgan fingerprint density at radius 1 is 1.00 bits per heavy atom. The fourth-order valence-electron chi connectivity index (χ4n) is 5.22. The van der Waals surface area contributed by atoms with Crippen molar-refractivity contribution < 1.29 is 0 Å². The molecule has 3 fully saturated rings. The molecule has 0 spiro atoms. The van der Waals surface area contributed by atoms with Crippen molar-refractivity contribution in [3.8, 4) is 0 Å². The Labute approximate surface area is 112 Å². The van der Waals surface area contributed by atoms with Gasteiger partial charge in [0.25, 0.3) is 0 Å². The van der Waals surface area contributed by atoms with Crippen molar-refractivity contribution in [1.82, 2.24) is 10.9 Å². The van der Waals surface area contributed by atoms with Crippen molar-refractivity contribution in [2.75, 3.05) is 0 Å². The van der Waals surface area contributed by atoms with Crippen LogP contribution in [0, 0.1) is 28.1 Å². The van der Waals surface area contributed by atoms with Gasteiger partial charge in [-0.25, -0.2) is 0 Å². The van der Waals surface area contributed by atoms with Crippen LogP contribution in [0.15, 0.2) is 0 Å². The smallest absolute Gasteiger partial charge is 0.0280 e. The van der Waals surface area contributed by atoms with Crippen LogP contribution in [-0.2, 0) is 0 Å². The van der Waals surface area contributed by atoms with E-state index in [-0.39, 0.29) is 0 Å². The topological polar surface area (TPSA) is 24.1 Å². The van der Waals surface area contributed by atoms with Crippen LogP contribution in [0.2, 0.25) is 0 Å². The molecule has 104 valence electrons. The number of hydrogen-bond acceptors (Lipinski definition) is 2. The number of nitrogens with one attached hydrogen (secondary N) is 2. The van der Waals surface area contributed by atoms with Gasteiger partial charge in [0.15, 0.2) is 0 Å². The molecule has 0 amide bonds. The highest BCUT2D eigenvalue weighted by Crippen LogP contribution is 2.69. The first-order valence-electron chi connectivity index (χ1n) is 7.69. The third-order valence-corrected chi connectivity index (χ3v) is 7.02. The average Bonchev–Trinajstić information content (AvgIpc) is 2.58. The monoisotopic (exact) mass is 250 g/mol. The molecule has 0 aromatic heterocycles. The van der Waals surface area contributed by atoms with Crippen molar-refractivity contribution in [3.63, 3.8) is 0 Å². The molecule has 1 saturated heterocycles. The van der Waals surface area contributed by atoms with E-state index in [1.165, 1.54) is 19.3 Å². The van der Waals surface area contributed by atoms with E-state index >= 15 is 0 Å². The maximum Gasteiger partial charge on any atom is 0.0280 e. The van der Waals surface area contributed by atoms with Crippen LogP contribution >= 0.6 is 0 Å². The standard InChI is InChI=1S/C16H30N2/c1-14(2,3)12-9-11-13(18-17-12)10-7-8-16(11,6)15(10,4)5/h10-13,17-18H,7-9H2,1-6H3/t10-,11?,12?,13?,16-/m1/s1. The molecule has 1 aliphatic heterocycles. The predicted molar refractivity (Wildman–Crippen MR) is 76.0 cm³/mol. The Morgan fingerprint density at radius 2 is 1.67 bits per heavy atom. The van der Waals surface area contributed by atoms with Gasteiger partial charge < -0.3 is 0 Å². The molecule has 0 aromatic rings. The molecule has 2 N–H and O–H groups in total. The van der Waals surface area contributed by atoms with Crippen LogP contribution in [-0.4, -0.2) is 12.1 Å². The molecular weight excluding hydrogens is 220 g/mol. The Bertz CT molecular complexity index is 355. The van der Waals surface area contributed by atoms with Crippen molar-refractivity contribution in [3.05, 3.63) is 0 Å². The average molecular weight is 250 g/mol. The van der Waals surface area contributed by atoms with Gasteiger partial charge >= 0.3 is 0 Å². The van der Waals surface area contributed by atoms with Gasteiger partial charge in [0, 0.05) is 12.1 Å². The molecule has 2 nitrogen and oxygen atoms in total. The third kappa shape index (κ3) is 1.42. The Kier molecular flexibility index (Phi) is 2.53. The molecule has 3 aliphatic rings. The highest BCUT2D eigenvalue weighted by Gasteiger charge is 2.67. The van der Waals surface area contributed by atoms with E-state index in [1.807, 2.05) is 0 Å². The number of rotatable bonds is 0. The summed E-state index contributed by atoms with van der Waals surface area (Å²) in [5.74, 6) is 1.72. The van der Waals surface area contributed by atoms with E-state index in [0.717, 1.165) is 11.8 Å². The number of hydrazine groups is 1. The molecule has 2 heteroatoms. The van der Waals surface area contributed by atoms with Crippen LogP contribution in [0.5, 0.6) is 0 Å². The largest absolute Gasteiger partial charge is 0.254 e. The predicted octanol–water partition coefficient (Wildman–Crippen LogP) is 3.34. The molecule has 0 aromatic carbocycles. The van der Waals surface area contributed by atoms with Crippen LogP contribution in [0.3, 0.4) is 0 Å². The lowest BCUT2D eigenvalue weighted by molar-refractivity contribution is 0.0381. The van der Waals surface area contributed by atoms with Crippen LogP contribution in [0.1, 0.15) is 60.8 Å². The minimum Gasteiger partial charge on any atom is -0.254 e. The second kappa shape index (κ2) is 3.52. The van der Waals surface area contributed by atoms with Crippen LogP contribution in [0.4, 0.5) is 0 Å². The van der Waals surface area contributed by atoms with E-state index in [4.69, 9.17) is 0 Å². The normalized spacial score (nSPS) is 50.3. The molecule has 2 saturated carbocycles. The first kappa shape index (κ1) is 12.9. The molecule has 1 heterocycles. The van der Waals surface area contributed by atoms with Gasteiger partial charge in [0.1, 0.15) is 0 Å². The second-order valence-corrected chi connectivity index (χ2v) is 8.86. The van der Waals surface area contributed by atoms with Crippen molar-refractivity contribution in [1.29, 1.82) is 0 Å². The summed E-state index contributed by atoms with van der Waals surface area (Å²) in [6, 6.07) is 1.31. The minimum absolute atomic E-state index is 0.348. The molecular formula is C16H30N2. The van der Waals surface area contributed by atoms with Crippen LogP contribution in [0.25, 0.3) is 0 Å². The van der Waals surface area contributed by atoms with Crippen molar-refractivity contribution >= 4 is 0 Å².